The minimum atomic E-state index is -0.835. The van der Waals surface area contributed by atoms with E-state index in [-0.39, 0.29) is 17.9 Å². The van der Waals surface area contributed by atoms with Crippen LogP contribution < -0.4 is 4.74 Å². The van der Waals surface area contributed by atoms with Crippen LogP contribution in [0, 0.1) is 10.1 Å². The molecule has 0 fully saturated rings. The molecular weight excluding hydrogens is 314 g/mol. The number of carbonyl (C=O) groups excluding carboxylic acids is 1. The van der Waals surface area contributed by atoms with E-state index in [9.17, 15) is 19.7 Å². The van der Waals surface area contributed by atoms with Crippen LogP contribution in [0.5, 0.6) is 5.75 Å². The number of non-ortho nitro benzene ring substituents is 1. The molecule has 0 saturated carbocycles. The number of hydrogen-bond donors (Lipinski definition) is 1. The fraction of sp³-hybridized carbons (Fsp3) is 0.176. The van der Waals surface area contributed by atoms with Crippen molar-refractivity contribution in [3.63, 3.8) is 0 Å². The number of carboxylic acids is 1. The molecule has 0 unspecified atom stereocenters. The van der Waals surface area contributed by atoms with Crippen molar-refractivity contribution in [3.8, 4) is 5.75 Å². The van der Waals surface area contributed by atoms with Crippen LogP contribution in [0.3, 0.4) is 0 Å². The molecule has 1 N–H and O–H groups in total. The number of benzene rings is 2. The van der Waals surface area contributed by atoms with Gasteiger partial charge in [-0.15, -0.1) is 0 Å². The largest absolute Gasteiger partial charge is 0.481 e. The number of rotatable bonds is 7. The Morgan fingerprint density at radius 2 is 1.67 bits per heavy atom. The number of nitro groups is 1. The molecule has 7 nitrogen and oxygen atoms in total. The maximum atomic E-state index is 12.0. The van der Waals surface area contributed by atoms with Crippen LogP contribution >= 0.6 is 0 Å². The highest BCUT2D eigenvalue weighted by molar-refractivity contribution is 5.91. The third-order valence-corrected chi connectivity index (χ3v) is 3.30. The maximum absolute atomic E-state index is 12.0. The predicted octanol–water partition coefficient (Wildman–Crippen LogP) is 3.22. The van der Waals surface area contributed by atoms with Crippen LogP contribution in [0.1, 0.15) is 28.8 Å². The van der Waals surface area contributed by atoms with E-state index in [1.165, 1.54) is 24.3 Å². The first-order valence-electron chi connectivity index (χ1n) is 7.23. The molecular formula is C17H15NO6. The summed E-state index contributed by atoms with van der Waals surface area (Å²) in [4.78, 5) is 32.5. The number of aryl methyl sites for hydroxylation is 1. The fourth-order valence-corrected chi connectivity index (χ4v) is 2.05. The monoisotopic (exact) mass is 329 g/mol. The lowest BCUT2D eigenvalue weighted by Crippen LogP contribution is -2.08. The molecule has 2 aromatic carbocycles. The highest BCUT2D eigenvalue weighted by atomic mass is 16.6. The Morgan fingerprint density at radius 1 is 1.04 bits per heavy atom. The molecule has 2 aromatic rings. The second-order valence-corrected chi connectivity index (χ2v) is 5.08. The second-order valence-electron chi connectivity index (χ2n) is 5.08. The summed E-state index contributed by atoms with van der Waals surface area (Å²) < 4.78 is 5.15. The van der Waals surface area contributed by atoms with Crippen LogP contribution in [-0.2, 0) is 11.2 Å². The quantitative estimate of drug-likeness (QED) is 0.362. The first kappa shape index (κ1) is 17.1. The van der Waals surface area contributed by atoms with Gasteiger partial charge in [0.2, 0.25) is 0 Å². The number of aliphatic carboxylic acids is 1. The summed E-state index contributed by atoms with van der Waals surface area (Å²) in [6, 6.07) is 11.9. The Bertz CT molecular complexity index is 737. The molecule has 0 atom stereocenters. The fourth-order valence-electron chi connectivity index (χ4n) is 2.05. The topological polar surface area (TPSA) is 107 Å². The van der Waals surface area contributed by atoms with E-state index in [4.69, 9.17) is 9.84 Å². The van der Waals surface area contributed by atoms with Crippen LogP contribution in [-0.4, -0.2) is 22.0 Å². The minimum absolute atomic E-state index is 0.0829. The van der Waals surface area contributed by atoms with Crippen molar-refractivity contribution in [2.24, 2.45) is 0 Å². The number of nitro benzene ring substituents is 1. The lowest BCUT2D eigenvalue weighted by molar-refractivity contribution is -0.384. The molecule has 7 heteroatoms. The number of nitrogens with zero attached hydrogens (tertiary/aromatic N) is 1. The van der Waals surface area contributed by atoms with Gasteiger partial charge in [0.25, 0.3) is 5.69 Å². The average Bonchev–Trinajstić information content (AvgIpc) is 2.55. The van der Waals surface area contributed by atoms with Gasteiger partial charge in [-0.05, 0) is 42.7 Å². The molecule has 0 bridgehead atoms. The zero-order valence-electron chi connectivity index (χ0n) is 12.7. The first-order chi connectivity index (χ1) is 11.5. The Morgan fingerprint density at radius 3 is 2.21 bits per heavy atom. The van der Waals surface area contributed by atoms with E-state index in [0.717, 1.165) is 5.56 Å². The van der Waals surface area contributed by atoms with E-state index in [2.05, 4.69) is 0 Å². The molecule has 0 radical (unpaired) electrons. The summed E-state index contributed by atoms with van der Waals surface area (Å²) >= 11 is 0. The van der Waals surface area contributed by atoms with Crippen molar-refractivity contribution >= 4 is 17.6 Å². The van der Waals surface area contributed by atoms with Gasteiger partial charge in [0.15, 0.2) is 0 Å². The Kier molecular flexibility index (Phi) is 5.62. The molecule has 124 valence electrons. The highest BCUT2D eigenvalue weighted by Gasteiger charge is 2.10. The van der Waals surface area contributed by atoms with Gasteiger partial charge >= 0.3 is 11.9 Å². The summed E-state index contributed by atoms with van der Waals surface area (Å²) in [6.07, 6.45) is 1.25. The first-order valence-corrected chi connectivity index (χ1v) is 7.23. The van der Waals surface area contributed by atoms with Gasteiger partial charge in [-0.1, -0.05) is 12.1 Å². The minimum Gasteiger partial charge on any atom is -0.481 e. The van der Waals surface area contributed by atoms with Crippen LogP contribution in [0.25, 0.3) is 0 Å². The van der Waals surface area contributed by atoms with Crippen molar-refractivity contribution in [1.82, 2.24) is 0 Å². The summed E-state index contributed by atoms with van der Waals surface area (Å²) in [7, 11) is 0. The normalized spacial score (nSPS) is 10.2. The number of esters is 1. The van der Waals surface area contributed by atoms with E-state index in [0.29, 0.717) is 18.4 Å². The number of carboxylic acid groups (broad SMARTS) is 1. The standard InChI is InChI=1S/C17H15NO6/c19-16(20)3-1-2-12-4-6-13(7-5-12)17(21)24-15-10-8-14(9-11-15)18(22)23/h4-11H,1-3H2,(H,19,20). The highest BCUT2D eigenvalue weighted by Crippen LogP contribution is 2.18. The van der Waals surface area contributed by atoms with E-state index < -0.39 is 16.9 Å². The number of carbonyl (C=O) groups is 2. The molecule has 0 aliphatic heterocycles. The van der Waals surface area contributed by atoms with Crippen molar-refractivity contribution in [2.75, 3.05) is 0 Å². The molecule has 24 heavy (non-hydrogen) atoms. The van der Waals surface area contributed by atoms with Crippen LogP contribution in [0.15, 0.2) is 48.5 Å². The summed E-state index contributed by atoms with van der Waals surface area (Å²) in [5.74, 6) is -1.18. The van der Waals surface area contributed by atoms with Crippen LogP contribution in [0.2, 0.25) is 0 Å². The van der Waals surface area contributed by atoms with E-state index in [1.807, 2.05) is 0 Å². The zero-order valence-corrected chi connectivity index (χ0v) is 12.7. The van der Waals surface area contributed by atoms with Crippen molar-refractivity contribution in [3.05, 3.63) is 69.8 Å². The molecule has 0 aliphatic rings. The molecule has 0 aliphatic carbocycles. The Balaban J connectivity index is 1.94. The smallest absolute Gasteiger partial charge is 0.343 e. The molecule has 0 saturated heterocycles. The number of hydrogen-bond acceptors (Lipinski definition) is 5. The predicted molar refractivity (Wildman–Crippen MR) is 85.1 cm³/mol. The van der Waals surface area contributed by atoms with Gasteiger partial charge in [-0.2, -0.15) is 0 Å². The van der Waals surface area contributed by atoms with Gasteiger partial charge < -0.3 is 9.84 Å². The van der Waals surface area contributed by atoms with Crippen LogP contribution in [0.4, 0.5) is 5.69 Å². The Labute approximate surface area is 137 Å². The van der Waals surface area contributed by atoms with Gasteiger partial charge in [-0.25, -0.2) is 4.79 Å². The Hall–Kier alpha value is -3.22. The summed E-state index contributed by atoms with van der Waals surface area (Å²) in [5.41, 5.74) is 1.19. The number of ether oxygens (including phenoxy) is 1. The average molecular weight is 329 g/mol. The van der Waals surface area contributed by atoms with Gasteiger partial charge in [-0.3, -0.25) is 14.9 Å². The van der Waals surface area contributed by atoms with Crippen molar-refractivity contribution in [1.29, 1.82) is 0 Å². The molecule has 0 heterocycles. The lowest BCUT2D eigenvalue weighted by atomic mass is 10.1. The summed E-state index contributed by atoms with van der Waals surface area (Å²) in [5, 5.41) is 19.2. The van der Waals surface area contributed by atoms with Gasteiger partial charge in [0, 0.05) is 18.6 Å². The van der Waals surface area contributed by atoms with E-state index >= 15 is 0 Å². The second kappa shape index (κ2) is 7.87. The van der Waals surface area contributed by atoms with Gasteiger partial charge in [0.1, 0.15) is 5.75 Å². The maximum Gasteiger partial charge on any atom is 0.343 e. The zero-order chi connectivity index (χ0) is 17.5. The summed E-state index contributed by atoms with van der Waals surface area (Å²) in [6.45, 7) is 0. The van der Waals surface area contributed by atoms with Crippen molar-refractivity contribution in [2.45, 2.75) is 19.3 Å². The third kappa shape index (κ3) is 4.91. The van der Waals surface area contributed by atoms with E-state index in [1.54, 1.807) is 24.3 Å². The van der Waals surface area contributed by atoms with Gasteiger partial charge in [0.05, 0.1) is 10.5 Å². The third-order valence-electron chi connectivity index (χ3n) is 3.30. The van der Waals surface area contributed by atoms with Crippen molar-refractivity contribution < 1.29 is 24.4 Å². The lowest BCUT2D eigenvalue weighted by Gasteiger charge is -2.05. The molecule has 2 rings (SSSR count). The SMILES string of the molecule is O=C(O)CCCc1ccc(C(=O)Oc2ccc([N+](=O)[O-])cc2)cc1. The molecule has 0 spiro atoms. The molecule has 0 aromatic heterocycles. The molecule has 0 amide bonds.